The molecule has 0 saturated heterocycles. The van der Waals surface area contributed by atoms with Crippen LogP contribution in [0, 0.1) is 0 Å². The second-order valence-electron chi connectivity index (χ2n) is 4.25. The summed E-state index contributed by atoms with van der Waals surface area (Å²) in [5.41, 5.74) is 7.29. The van der Waals surface area contributed by atoms with Crippen molar-refractivity contribution in [2.24, 2.45) is 0 Å². The SMILES string of the molecule is COC1CCC(Nc2ccc(N)cc2Cl)C1. The molecule has 0 aliphatic heterocycles. The number of benzene rings is 1. The number of rotatable bonds is 3. The first-order valence-electron chi connectivity index (χ1n) is 5.53. The molecule has 1 aromatic carbocycles. The van der Waals surface area contributed by atoms with Gasteiger partial charge in [-0.3, -0.25) is 0 Å². The fourth-order valence-corrected chi connectivity index (χ4v) is 2.40. The quantitative estimate of drug-likeness (QED) is 0.799. The van der Waals surface area contributed by atoms with Gasteiger partial charge in [0, 0.05) is 18.8 Å². The number of nitrogen functional groups attached to an aromatic ring is 1. The molecule has 1 aromatic rings. The van der Waals surface area contributed by atoms with Gasteiger partial charge in [0.15, 0.2) is 0 Å². The zero-order valence-corrected chi connectivity index (χ0v) is 10.1. The fraction of sp³-hybridized carbons (Fsp3) is 0.500. The molecular formula is C12H17ClN2O. The average molecular weight is 241 g/mol. The van der Waals surface area contributed by atoms with Crippen molar-refractivity contribution in [1.29, 1.82) is 0 Å². The maximum absolute atomic E-state index is 6.10. The number of anilines is 2. The van der Waals surface area contributed by atoms with Crippen molar-refractivity contribution in [3.63, 3.8) is 0 Å². The highest BCUT2D eigenvalue weighted by molar-refractivity contribution is 6.33. The molecule has 88 valence electrons. The number of methoxy groups -OCH3 is 1. The van der Waals surface area contributed by atoms with Gasteiger partial charge in [0.2, 0.25) is 0 Å². The third-order valence-electron chi connectivity index (χ3n) is 3.07. The van der Waals surface area contributed by atoms with E-state index in [1.807, 2.05) is 12.1 Å². The summed E-state index contributed by atoms with van der Waals surface area (Å²) >= 11 is 6.10. The zero-order valence-electron chi connectivity index (χ0n) is 9.37. The molecule has 2 rings (SSSR count). The van der Waals surface area contributed by atoms with Gasteiger partial charge in [-0.25, -0.2) is 0 Å². The van der Waals surface area contributed by atoms with E-state index in [1.54, 1.807) is 13.2 Å². The van der Waals surface area contributed by atoms with Gasteiger partial charge in [-0.1, -0.05) is 11.6 Å². The first-order chi connectivity index (χ1) is 7.69. The van der Waals surface area contributed by atoms with Crippen molar-refractivity contribution in [3.8, 4) is 0 Å². The Hall–Kier alpha value is -0.930. The van der Waals surface area contributed by atoms with Crippen LogP contribution >= 0.6 is 11.6 Å². The van der Waals surface area contributed by atoms with Crippen LogP contribution in [0.25, 0.3) is 0 Å². The molecule has 2 unspecified atom stereocenters. The predicted octanol–water partition coefficient (Wildman–Crippen LogP) is 2.90. The Bertz CT molecular complexity index is 370. The van der Waals surface area contributed by atoms with Crippen LogP contribution in [-0.4, -0.2) is 19.3 Å². The minimum atomic E-state index is 0.380. The van der Waals surface area contributed by atoms with E-state index in [4.69, 9.17) is 22.1 Å². The Morgan fingerprint density at radius 2 is 2.25 bits per heavy atom. The van der Waals surface area contributed by atoms with E-state index < -0.39 is 0 Å². The van der Waals surface area contributed by atoms with Gasteiger partial charge in [0.25, 0.3) is 0 Å². The molecule has 0 spiro atoms. The maximum atomic E-state index is 6.10. The van der Waals surface area contributed by atoms with Crippen molar-refractivity contribution in [2.45, 2.75) is 31.4 Å². The Labute approximate surface area is 101 Å². The van der Waals surface area contributed by atoms with Crippen LogP contribution in [0.15, 0.2) is 18.2 Å². The van der Waals surface area contributed by atoms with Crippen LogP contribution < -0.4 is 11.1 Å². The highest BCUT2D eigenvalue weighted by Gasteiger charge is 2.24. The molecule has 1 aliphatic rings. The lowest BCUT2D eigenvalue weighted by molar-refractivity contribution is 0.108. The third-order valence-corrected chi connectivity index (χ3v) is 3.38. The van der Waals surface area contributed by atoms with Crippen LogP contribution in [0.3, 0.4) is 0 Å². The molecule has 0 amide bonds. The Balaban J connectivity index is 1.99. The number of nitrogens with one attached hydrogen (secondary N) is 1. The zero-order chi connectivity index (χ0) is 11.5. The van der Waals surface area contributed by atoms with Crippen molar-refractivity contribution >= 4 is 23.0 Å². The van der Waals surface area contributed by atoms with Crippen molar-refractivity contribution < 1.29 is 4.74 Å². The second kappa shape index (κ2) is 4.93. The van der Waals surface area contributed by atoms with E-state index in [0.717, 1.165) is 24.9 Å². The molecule has 1 aliphatic carbocycles. The number of nitrogens with two attached hydrogens (primary N) is 1. The molecular weight excluding hydrogens is 224 g/mol. The van der Waals surface area contributed by atoms with Gasteiger partial charge < -0.3 is 15.8 Å². The van der Waals surface area contributed by atoms with Crippen LogP contribution in [0.2, 0.25) is 5.02 Å². The lowest BCUT2D eigenvalue weighted by Gasteiger charge is -2.15. The molecule has 0 radical (unpaired) electrons. The van der Waals surface area contributed by atoms with Crippen molar-refractivity contribution in [2.75, 3.05) is 18.2 Å². The summed E-state index contributed by atoms with van der Waals surface area (Å²) in [6.45, 7) is 0. The van der Waals surface area contributed by atoms with Gasteiger partial charge in [-0.2, -0.15) is 0 Å². The first kappa shape index (κ1) is 11.6. The summed E-state index contributed by atoms with van der Waals surface area (Å²) in [5.74, 6) is 0. The summed E-state index contributed by atoms with van der Waals surface area (Å²) in [7, 11) is 1.77. The monoisotopic (exact) mass is 240 g/mol. The predicted molar refractivity (Wildman–Crippen MR) is 67.9 cm³/mol. The smallest absolute Gasteiger partial charge is 0.0658 e. The maximum Gasteiger partial charge on any atom is 0.0658 e. The molecule has 0 bridgehead atoms. The largest absolute Gasteiger partial charge is 0.399 e. The lowest BCUT2D eigenvalue weighted by atomic mass is 10.2. The lowest BCUT2D eigenvalue weighted by Crippen LogP contribution is -2.17. The van der Waals surface area contributed by atoms with Gasteiger partial charge in [-0.15, -0.1) is 0 Å². The molecule has 3 N–H and O–H groups in total. The molecule has 2 atom stereocenters. The summed E-state index contributed by atoms with van der Waals surface area (Å²) < 4.78 is 5.34. The van der Waals surface area contributed by atoms with E-state index >= 15 is 0 Å². The summed E-state index contributed by atoms with van der Waals surface area (Å²) in [4.78, 5) is 0. The van der Waals surface area contributed by atoms with Crippen molar-refractivity contribution in [3.05, 3.63) is 23.2 Å². The highest BCUT2D eigenvalue weighted by Crippen LogP contribution is 2.29. The van der Waals surface area contributed by atoms with Crippen LogP contribution in [0.4, 0.5) is 11.4 Å². The molecule has 0 heterocycles. The van der Waals surface area contributed by atoms with E-state index in [9.17, 15) is 0 Å². The van der Waals surface area contributed by atoms with Gasteiger partial charge in [-0.05, 0) is 37.5 Å². The van der Waals surface area contributed by atoms with Gasteiger partial charge in [0.1, 0.15) is 0 Å². The Kier molecular flexibility index (Phi) is 3.56. The van der Waals surface area contributed by atoms with Crippen LogP contribution in [-0.2, 0) is 4.74 Å². The third kappa shape index (κ3) is 2.60. The highest BCUT2D eigenvalue weighted by atomic mass is 35.5. The minimum absolute atomic E-state index is 0.380. The van der Waals surface area contributed by atoms with E-state index in [-0.39, 0.29) is 0 Å². The topological polar surface area (TPSA) is 47.3 Å². The molecule has 1 fully saturated rings. The number of hydrogen-bond donors (Lipinski definition) is 2. The Morgan fingerprint density at radius 3 is 2.88 bits per heavy atom. The fourth-order valence-electron chi connectivity index (χ4n) is 2.15. The summed E-state index contributed by atoms with van der Waals surface area (Å²) in [5, 5.41) is 4.11. The summed E-state index contributed by atoms with van der Waals surface area (Å²) in [6, 6.07) is 6.01. The summed E-state index contributed by atoms with van der Waals surface area (Å²) in [6.07, 6.45) is 3.65. The normalized spacial score (nSPS) is 24.6. The van der Waals surface area contributed by atoms with E-state index in [2.05, 4.69) is 5.32 Å². The van der Waals surface area contributed by atoms with Gasteiger partial charge in [0.05, 0.1) is 16.8 Å². The molecule has 4 heteroatoms. The number of halogens is 1. The second-order valence-corrected chi connectivity index (χ2v) is 4.66. The average Bonchev–Trinajstić information content (AvgIpc) is 2.70. The van der Waals surface area contributed by atoms with Crippen LogP contribution in [0.5, 0.6) is 0 Å². The van der Waals surface area contributed by atoms with E-state index in [0.29, 0.717) is 22.9 Å². The van der Waals surface area contributed by atoms with Crippen LogP contribution in [0.1, 0.15) is 19.3 Å². The first-order valence-corrected chi connectivity index (χ1v) is 5.91. The van der Waals surface area contributed by atoms with Crippen molar-refractivity contribution in [1.82, 2.24) is 0 Å². The Morgan fingerprint density at radius 1 is 1.44 bits per heavy atom. The number of ether oxygens (including phenoxy) is 1. The molecule has 1 saturated carbocycles. The van der Waals surface area contributed by atoms with E-state index in [1.165, 1.54) is 0 Å². The van der Waals surface area contributed by atoms with Gasteiger partial charge >= 0.3 is 0 Å². The molecule has 16 heavy (non-hydrogen) atoms. The minimum Gasteiger partial charge on any atom is -0.399 e. The molecule has 3 nitrogen and oxygen atoms in total. The standard InChI is InChI=1S/C12H17ClN2O/c1-16-10-4-3-9(7-10)15-12-5-2-8(14)6-11(12)13/h2,5-6,9-10,15H,3-4,7,14H2,1H3. The number of hydrogen-bond acceptors (Lipinski definition) is 3. The molecule has 0 aromatic heterocycles.